The maximum Gasteiger partial charge on any atom is 0.0262 e. The average Bonchev–Trinajstić information content (AvgIpc) is 2.77. The van der Waals surface area contributed by atoms with Crippen LogP contribution in [-0.4, -0.2) is 74.7 Å². The summed E-state index contributed by atoms with van der Waals surface area (Å²) in [6.07, 6.45) is 5.51. The van der Waals surface area contributed by atoms with Crippen molar-refractivity contribution in [2.45, 2.75) is 38.6 Å². The summed E-state index contributed by atoms with van der Waals surface area (Å²) < 4.78 is 0. The van der Waals surface area contributed by atoms with Crippen LogP contribution in [0.15, 0.2) is 0 Å². The van der Waals surface area contributed by atoms with Crippen molar-refractivity contribution in [3.05, 3.63) is 0 Å². The summed E-state index contributed by atoms with van der Waals surface area (Å²) in [6, 6.07) is 0.760. The Morgan fingerprint density at radius 2 is 1.90 bits per heavy atom. The first kappa shape index (κ1) is 15.7. The van der Waals surface area contributed by atoms with Gasteiger partial charge in [-0.3, -0.25) is 4.90 Å². The van der Waals surface area contributed by atoms with Crippen LogP contribution in [0.25, 0.3) is 0 Å². The molecule has 3 rings (SSSR count). The third-order valence-electron chi connectivity index (χ3n) is 5.67. The second-order valence-corrected chi connectivity index (χ2v) is 7.47. The second-order valence-electron chi connectivity index (χ2n) is 7.47. The van der Waals surface area contributed by atoms with Crippen LogP contribution in [0.2, 0.25) is 0 Å². The minimum atomic E-state index is 0.760. The molecule has 0 aromatic rings. The van der Waals surface area contributed by atoms with Crippen molar-refractivity contribution >= 4 is 0 Å². The number of nitrogens with zero attached hydrogens (tertiary/aromatic N) is 2. The first-order valence-corrected chi connectivity index (χ1v) is 9.21. The number of likely N-dealkylation sites (tertiary alicyclic amines) is 1. The van der Waals surface area contributed by atoms with E-state index >= 15 is 0 Å². The average molecular weight is 294 g/mol. The van der Waals surface area contributed by atoms with Crippen molar-refractivity contribution in [3.63, 3.8) is 0 Å². The number of hydrogen-bond acceptors (Lipinski definition) is 4. The highest BCUT2D eigenvalue weighted by Gasteiger charge is 2.32. The van der Waals surface area contributed by atoms with Gasteiger partial charge in [-0.1, -0.05) is 6.92 Å². The quantitative estimate of drug-likeness (QED) is 0.813. The van der Waals surface area contributed by atoms with Crippen LogP contribution in [-0.2, 0) is 0 Å². The van der Waals surface area contributed by atoms with Gasteiger partial charge in [-0.2, -0.15) is 0 Å². The number of rotatable bonds is 3. The zero-order valence-corrected chi connectivity index (χ0v) is 13.8. The zero-order chi connectivity index (χ0) is 14.5. The smallest absolute Gasteiger partial charge is 0.0262 e. The number of hydrogen-bond donors (Lipinski definition) is 2. The van der Waals surface area contributed by atoms with E-state index in [9.17, 15) is 0 Å². The molecule has 122 valence electrons. The normalized spacial score (nSPS) is 37.3. The molecule has 3 aliphatic heterocycles. The predicted molar refractivity (Wildman–Crippen MR) is 88.7 cm³/mol. The molecule has 3 aliphatic rings. The Bertz CT molecular complexity index is 301. The lowest BCUT2D eigenvalue weighted by Crippen LogP contribution is -2.55. The molecule has 3 fully saturated rings. The Balaban J connectivity index is 1.57. The van der Waals surface area contributed by atoms with E-state index in [1.165, 1.54) is 84.6 Å². The summed E-state index contributed by atoms with van der Waals surface area (Å²) in [5.74, 6) is 1.77. The highest BCUT2D eigenvalue weighted by molar-refractivity contribution is 4.89. The lowest BCUT2D eigenvalue weighted by atomic mass is 9.89. The third-order valence-corrected chi connectivity index (χ3v) is 5.67. The van der Waals surface area contributed by atoms with Gasteiger partial charge in [-0.15, -0.1) is 0 Å². The van der Waals surface area contributed by atoms with Crippen LogP contribution in [0.5, 0.6) is 0 Å². The molecule has 4 heteroatoms. The minimum Gasteiger partial charge on any atom is -0.315 e. The molecule has 0 radical (unpaired) electrons. The van der Waals surface area contributed by atoms with Crippen LogP contribution < -0.4 is 10.6 Å². The molecule has 0 spiro atoms. The molecule has 0 aromatic carbocycles. The molecule has 0 bridgehead atoms. The van der Waals surface area contributed by atoms with Crippen molar-refractivity contribution in [1.82, 2.24) is 20.4 Å². The molecule has 0 aliphatic carbocycles. The molecule has 2 N–H and O–H groups in total. The monoisotopic (exact) mass is 294 g/mol. The second kappa shape index (κ2) is 7.91. The van der Waals surface area contributed by atoms with Crippen LogP contribution in [0.3, 0.4) is 0 Å². The fourth-order valence-electron chi connectivity index (χ4n) is 4.52. The van der Waals surface area contributed by atoms with Gasteiger partial charge in [0, 0.05) is 38.8 Å². The van der Waals surface area contributed by atoms with E-state index in [0.717, 1.165) is 17.9 Å². The largest absolute Gasteiger partial charge is 0.315 e. The highest BCUT2D eigenvalue weighted by atomic mass is 15.2. The summed E-state index contributed by atoms with van der Waals surface area (Å²) in [5, 5.41) is 7.19. The summed E-state index contributed by atoms with van der Waals surface area (Å²) in [6.45, 7) is 13.7. The van der Waals surface area contributed by atoms with Crippen molar-refractivity contribution in [1.29, 1.82) is 0 Å². The summed E-state index contributed by atoms with van der Waals surface area (Å²) in [4.78, 5) is 5.53. The Labute approximate surface area is 130 Å². The van der Waals surface area contributed by atoms with Gasteiger partial charge >= 0.3 is 0 Å². The van der Waals surface area contributed by atoms with E-state index < -0.39 is 0 Å². The molecular formula is C17H34N4. The van der Waals surface area contributed by atoms with Gasteiger partial charge in [0.1, 0.15) is 0 Å². The minimum absolute atomic E-state index is 0.760. The molecule has 3 atom stereocenters. The SMILES string of the molecule is CC1CCCN(CC2CCNCC2N2CCCNCC2)C1. The van der Waals surface area contributed by atoms with Crippen molar-refractivity contribution in [2.24, 2.45) is 11.8 Å². The van der Waals surface area contributed by atoms with E-state index in [2.05, 4.69) is 27.4 Å². The van der Waals surface area contributed by atoms with E-state index in [-0.39, 0.29) is 0 Å². The predicted octanol–water partition coefficient (Wildman–Crippen LogP) is 0.992. The zero-order valence-electron chi connectivity index (χ0n) is 13.8. The molecule has 0 amide bonds. The Kier molecular flexibility index (Phi) is 5.92. The van der Waals surface area contributed by atoms with Crippen LogP contribution in [0.4, 0.5) is 0 Å². The van der Waals surface area contributed by atoms with Gasteiger partial charge in [-0.05, 0) is 63.7 Å². The standard InChI is InChI=1S/C17H34N4/c1-15-4-2-9-20(13-15)14-16-5-7-19-12-17(16)21-10-3-6-18-8-11-21/h15-19H,2-14H2,1H3. The first-order valence-electron chi connectivity index (χ1n) is 9.21. The maximum absolute atomic E-state index is 3.65. The Morgan fingerprint density at radius 3 is 2.81 bits per heavy atom. The van der Waals surface area contributed by atoms with Gasteiger partial charge in [0.15, 0.2) is 0 Å². The van der Waals surface area contributed by atoms with Gasteiger partial charge in [-0.25, -0.2) is 0 Å². The topological polar surface area (TPSA) is 30.5 Å². The summed E-state index contributed by atoms with van der Waals surface area (Å²) in [5.41, 5.74) is 0. The molecule has 21 heavy (non-hydrogen) atoms. The van der Waals surface area contributed by atoms with Gasteiger partial charge < -0.3 is 15.5 Å². The molecule has 4 nitrogen and oxygen atoms in total. The highest BCUT2D eigenvalue weighted by Crippen LogP contribution is 2.23. The van der Waals surface area contributed by atoms with E-state index in [1.54, 1.807) is 0 Å². The van der Waals surface area contributed by atoms with Gasteiger partial charge in [0.2, 0.25) is 0 Å². The van der Waals surface area contributed by atoms with Crippen molar-refractivity contribution < 1.29 is 0 Å². The summed E-state index contributed by atoms with van der Waals surface area (Å²) >= 11 is 0. The van der Waals surface area contributed by atoms with E-state index in [1.807, 2.05) is 0 Å². The van der Waals surface area contributed by atoms with Gasteiger partial charge in [0.05, 0.1) is 0 Å². The van der Waals surface area contributed by atoms with Crippen LogP contribution in [0.1, 0.15) is 32.6 Å². The first-order chi connectivity index (χ1) is 10.3. The fourth-order valence-corrected chi connectivity index (χ4v) is 4.52. The molecule has 3 saturated heterocycles. The molecule has 0 saturated carbocycles. The van der Waals surface area contributed by atoms with E-state index in [0.29, 0.717) is 0 Å². The molecule has 0 aromatic heterocycles. The van der Waals surface area contributed by atoms with Crippen LogP contribution >= 0.6 is 0 Å². The van der Waals surface area contributed by atoms with Gasteiger partial charge in [0.25, 0.3) is 0 Å². The lowest BCUT2D eigenvalue weighted by Gasteiger charge is -2.43. The molecule has 3 heterocycles. The number of piperidine rings is 2. The molecule has 3 unspecified atom stereocenters. The van der Waals surface area contributed by atoms with Crippen molar-refractivity contribution in [3.8, 4) is 0 Å². The summed E-state index contributed by atoms with van der Waals surface area (Å²) in [7, 11) is 0. The fraction of sp³-hybridized carbons (Fsp3) is 1.00. The Hall–Kier alpha value is -0.160. The van der Waals surface area contributed by atoms with E-state index in [4.69, 9.17) is 0 Å². The van der Waals surface area contributed by atoms with Crippen molar-refractivity contribution in [2.75, 3.05) is 58.9 Å². The molecular weight excluding hydrogens is 260 g/mol. The third kappa shape index (κ3) is 4.41. The maximum atomic E-state index is 3.65. The number of nitrogens with one attached hydrogen (secondary N) is 2. The van der Waals surface area contributed by atoms with Crippen LogP contribution in [0, 0.1) is 11.8 Å². The lowest BCUT2D eigenvalue weighted by molar-refractivity contribution is 0.0754. The Morgan fingerprint density at radius 1 is 0.952 bits per heavy atom.